The highest BCUT2D eigenvalue weighted by atomic mass is 16.7. The summed E-state index contributed by atoms with van der Waals surface area (Å²) < 4.78 is 18.2. The largest absolute Gasteiger partial charge is 0.514 e. The Hall–Kier alpha value is -3.14. The number of fused-ring (bicyclic) bond motifs is 3. The van der Waals surface area contributed by atoms with Crippen molar-refractivity contribution in [1.29, 1.82) is 5.26 Å². The summed E-state index contributed by atoms with van der Waals surface area (Å²) in [6, 6.07) is 17.7. The lowest BCUT2D eigenvalue weighted by atomic mass is 9.84. The van der Waals surface area contributed by atoms with Gasteiger partial charge in [-0.1, -0.05) is 12.1 Å². The zero-order valence-electron chi connectivity index (χ0n) is 17.4. The minimum Gasteiger partial charge on any atom is -0.456 e. The Morgan fingerprint density at radius 1 is 0.833 bits per heavy atom. The summed E-state index contributed by atoms with van der Waals surface area (Å²) in [6.45, 7) is 8.12. The average Bonchev–Trinajstić information content (AvgIpc) is 3.19. The van der Waals surface area contributed by atoms with Crippen LogP contribution >= 0.6 is 0 Å². The molecule has 0 aliphatic carbocycles. The highest BCUT2D eigenvalue weighted by Gasteiger charge is 2.52. The topological polar surface area (TPSA) is 68.3 Å². The molecule has 0 radical (unpaired) electrons. The van der Waals surface area contributed by atoms with Crippen LogP contribution in [0.2, 0.25) is 0 Å². The molecule has 0 saturated carbocycles. The molecule has 5 rings (SSSR count). The number of hydrogen-bond acceptors (Lipinski definition) is 5. The summed E-state index contributed by atoms with van der Waals surface area (Å²) in [7, 11) is -0.476. The first kappa shape index (κ1) is 18.9. The van der Waals surface area contributed by atoms with Crippen LogP contribution < -0.4 is 5.59 Å². The van der Waals surface area contributed by atoms with E-state index in [1.165, 1.54) is 0 Å². The van der Waals surface area contributed by atoms with E-state index in [2.05, 4.69) is 17.1 Å². The van der Waals surface area contributed by atoms with E-state index in [-0.39, 0.29) is 0 Å². The minimum absolute atomic E-state index is 0.393. The monoisotopic (exact) mass is 396 g/mol. The van der Waals surface area contributed by atoms with Crippen molar-refractivity contribution in [2.75, 3.05) is 0 Å². The van der Waals surface area contributed by atoms with Gasteiger partial charge in [0.15, 0.2) is 0 Å². The maximum Gasteiger partial charge on any atom is 0.514 e. The van der Waals surface area contributed by atoms with Gasteiger partial charge in [0.25, 0.3) is 0 Å². The predicted octanol–water partition coefficient (Wildman–Crippen LogP) is 4.82. The van der Waals surface area contributed by atoms with E-state index in [1.54, 1.807) is 6.07 Å². The molecule has 30 heavy (non-hydrogen) atoms. The number of rotatable bonds is 2. The van der Waals surface area contributed by atoms with E-state index in [1.807, 2.05) is 70.3 Å². The Balaban J connectivity index is 1.47. The number of benzene rings is 2. The predicted molar refractivity (Wildman–Crippen MR) is 117 cm³/mol. The van der Waals surface area contributed by atoms with Crippen LogP contribution in [0.1, 0.15) is 33.3 Å². The highest BCUT2D eigenvalue weighted by Crippen LogP contribution is 2.36. The molecule has 6 heteroatoms. The smallest absolute Gasteiger partial charge is 0.456 e. The van der Waals surface area contributed by atoms with Crippen molar-refractivity contribution in [1.82, 2.24) is 4.98 Å². The Labute approximate surface area is 175 Å². The fourth-order valence-corrected chi connectivity index (χ4v) is 3.71. The van der Waals surface area contributed by atoms with Gasteiger partial charge in [0.05, 0.1) is 28.4 Å². The molecule has 0 amide bonds. The first-order valence-electron chi connectivity index (χ1n) is 9.96. The molecule has 0 bridgehead atoms. The average molecular weight is 396 g/mol. The van der Waals surface area contributed by atoms with Crippen molar-refractivity contribution >= 4 is 34.7 Å². The van der Waals surface area contributed by atoms with Crippen LogP contribution in [-0.4, -0.2) is 23.3 Å². The van der Waals surface area contributed by atoms with E-state index >= 15 is 0 Å². The van der Waals surface area contributed by atoms with Crippen molar-refractivity contribution in [3.63, 3.8) is 0 Å². The molecule has 3 heterocycles. The summed E-state index contributed by atoms with van der Waals surface area (Å²) in [5.41, 5.74) is 4.05. The summed E-state index contributed by atoms with van der Waals surface area (Å²) in [5, 5.41) is 11.1. The molecule has 1 saturated heterocycles. The Bertz CT molecular complexity index is 1300. The van der Waals surface area contributed by atoms with Gasteiger partial charge < -0.3 is 13.7 Å². The second-order valence-corrected chi connectivity index (χ2v) is 8.70. The van der Waals surface area contributed by atoms with Gasteiger partial charge in [0.2, 0.25) is 0 Å². The maximum atomic E-state index is 9.11. The lowest BCUT2D eigenvalue weighted by Crippen LogP contribution is -2.41. The molecular weight excluding hydrogens is 375 g/mol. The Kier molecular flexibility index (Phi) is 4.04. The van der Waals surface area contributed by atoms with Crippen LogP contribution in [0.25, 0.3) is 33.1 Å². The number of aromatic nitrogens is 1. The molecule has 0 N–H and O–H groups in total. The molecule has 2 aromatic heterocycles. The van der Waals surface area contributed by atoms with Gasteiger partial charge in [-0.3, -0.25) is 4.98 Å². The fraction of sp³-hybridized carbons (Fsp3) is 0.250. The van der Waals surface area contributed by atoms with Crippen LogP contribution in [0, 0.1) is 11.3 Å². The summed E-state index contributed by atoms with van der Waals surface area (Å²) in [4.78, 5) is 4.60. The molecule has 0 atom stereocenters. The molecule has 1 aliphatic heterocycles. The van der Waals surface area contributed by atoms with E-state index < -0.39 is 18.3 Å². The van der Waals surface area contributed by atoms with Crippen molar-refractivity contribution in [3.8, 4) is 17.2 Å². The molecule has 5 nitrogen and oxygen atoms in total. The highest BCUT2D eigenvalue weighted by molar-refractivity contribution is 6.61. The summed E-state index contributed by atoms with van der Waals surface area (Å²) in [6.07, 6.45) is 1.83. The number of nitrogens with zero attached hydrogens (tertiary/aromatic N) is 2. The van der Waals surface area contributed by atoms with Crippen LogP contribution in [0.5, 0.6) is 0 Å². The summed E-state index contributed by atoms with van der Waals surface area (Å²) in [5.74, 6) is 0. The number of nitriles is 1. The van der Waals surface area contributed by atoms with Gasteiger partial charge in [-0.15, -0.1) is 0 Å². The standard InChI is InChI=1S/C24H21BN2O3/c1-23(2)24(3,4)30-25(29-23)22-10-7-17(14-27-22)16-6-9-19-18-8-5-15(13-26)11-20(18)28-21(19)12-16/h5-12,14H,1-4H3. The van der Waals surface area contributed by atoms with E-state index in [9.17, 15) is 0 Å². The third-order valence-electron chi connectivity index (χ3n) is 6.22. The van der Waals surface area contributed by atoms with Gasteiger partial charge in [-0.25, -0.2) is 0 Å². The molecular formula is C24H21BN2O3. The van der Waals surface area contributed by atoms with Crippen molar-refractivity contribution < 1.29 is 13.7 Å². The zero-order valence-corrected chi connectivity index (χ0v) is 17.4. The maximum absolute atomic E-state index is 9.11. The van der Waals surface area contributed by atoms with E-state index in [0.29, 0.717) is 5.56 Å². The molecule has 0 spiro atoms. The van der Waals surface area contributed by atoms with E-state index in [4.69, 9.17) is 19.0 Å². The molecule has 4 aromatic rings. The van der Waals surface area contributed by atoms with Gasteiger partial charge in [0, 0.05) is 22.5 Å². The first-order valence-corrected chi connectivity index (χ1v) is 9.96. The van der Waals surface area contributed by atoms with Crippen molar-refractivity contribution in [3.05, 3.63) is 60.3 Å². The van der Waals surface area contributed by atoms with Crippen LogP contribution in [0.4, 0.5) is 0 Å². The van der Waals surface area contributed by atoms with Gasteiger partial charge in [-0.2, -0.15) is 5.26 Å². The van der Waals surface area contributed by atoms with Crippen LogP contribution in [0.15, 0.2) is 59.1 Å². The number of furan rings is 1. The SMILES string of the molecule is CC1(C)OB(c2ccc(-c3ccc4c(c3)oc3cc(C#N)ccc34)cn2)OC1(C)C. The molecule has 1 aliphatic rings. The van der Waals surface area contributed by atoms with Crippen LogP contribution in [0.3, 0.4) is 0 Å². The quantitative estimate of drug-likeness (QED) is 0.455. The summed E-state index contributed by atoms with van der Waals surface area (Å²) >= 11 is 0. The second-order valence-electron chi connectivity index (χ2n) is 8.70. The van der Waals surface area contributed by atoms with Gasteiger partial charge in [0.1, 0.15) is 11.2 Å². The number of hydrogen-bond donors (Lipinski definition) is 0. The normalized spacial score (nSPS) is 17.5. The molecule has 2 aromatic carbocycles. The molecule has 148 valence electrons. The van der Waals surface area contributed by atoms with Gasteiger partial charge >= 0.3 is 7.12 Å². The van der Waals surface area contributed by atoms with Gasteiger partial charge in [-0.05, 0) is 69.7 Å². The molecule has 1 fully saturated rings. The second kappa shape index (κ2) is 6.43. The Morgan fingerprint density at radius 3 is 2.10 bits per heavy atom. The first-order chi connectivity index (χ1) is 14.3. The Morgan fingerprint density at radius 2 is 1.47 bits per heavy atom. The third kappa shape index (κ3) is 2.90. The third-order valence-corrected chi connectivity index (χ3v) is 6.22. The number of pyridine rings is 1. The fourth-order valence-electron chi connectivity index (χ4n) is 3.71. The minimum atomic E-state index is -0.476. The van der Waals surface area contributed by atoms with Crippen LogP contribution in [-0.2, 0) is 9.31 Å². The van der Waals surface area contributed by atoms with Crippen molar-refractivity contribution in [2.45, 2.75) is 38.9 Å². The lowest BCUT2D eigenvalue weighted by molar-refractivity contribution is 0.00578. The van der Waals surface area contributed by atoms with Crippen molar-refractivity contribution in [2.24, 2.45) is 0 Å². The zero-order chi connectivity index (χ0) is 21.1. The van der Waals surface area contributed by atoms with E-state index in [0.717, 1.165) is 38.7 Å². The molecule has 0 unspecified atom stereocenters. The lowest BCUT2D eigenvalue weighted by Gasteiger charge is -2.32.